The van der Waals surface area contributed by atoms with Crippen molar-refractivity contribution < 1.29 is 0 Å². The molecule has 2 aromatic rings. The molecule has 0 saturated heterocycles. The zero-order chi connectivity index (χ0) is 24.5. The van der Waals surface area contributed by atoms with E-state index in [-0.39, 0.29) is 0 Å². The molecule has 0 aromatic heterocycles. The zero-order valence-corrected chi connectivity index (χ0v) is 22.7. The van der Waals surface area contributed by atoms with Gasteiger partial charge in [-0.15, -0.1) is 0 Å². The summed E-state index contributed by atoms with van der Waals surface area (Å²) in [6, 6.07) is 11.9. The SMILES string of the molecule is C=C1CCc2ccc(CCCC(C)CCCCc3c(C)ccc4c3C=C(C)CC4)cc2C1.CC. The number of aryl methyl sites for hydroxylation is 4. The first-order valence-electron chi connectivity index (χ1n) is 14.1. The Morgan fingerprint density at radius 2 is 1.53 bits per heavy atom. The molecule has 0 spiro atoms. The van der Waals surface area contributed by atoms with Crippen molar-refractivity contribution in [3.8, 4) is 0 Å². The molecule has 0 heterocycles. The molecule has 0 bridgehead atoms. The number of benzene rings is 2. The molecule has 0 nitrogen and oxygen atoms in total. The first kappa shape index (κ1) is 26.5. The monoisotopic (exact) mass is 456 g/mol. The highest BCUT2D eigenvalue weighted by atomic mass is 14.2. The Morgan fingerprint density at radius 1 is 0.794 bits per heavy atom. The van der Waals surface area contributed by atoms with Gasteiger partial charge in [0.2, 0.25) is 0 Å². The molecular formula is C34H48. The first-order valence-corrected chi connectivity index (χ1v) is 14.1. The maximum Gasteiger partial charge on any atom is -0.00669 e. The molecular weight excluding hydrogens is 408 g/mol. The van der Waals surface area contributed by atoms with E-state index in [1.807, 2.05) is 13.8 Å². The van der Waals surface area contributed by atoms with Crippen molar-refractivity contribution >= 4 is 6.08 Å². The van der Waals surface area contributed by atoms with Gasteiger partial charge >= 0.3 is 0 Å². The van der Waals surface area contributed by atoms with Crippen molar-refractivity contribution in [3.63, 3.8) is 0 Å². The van der Waals surface area contributed by atoms with Crippen LogP contribution in [0, 0.1) is 12.8 Å². The van der Waals surface area contributed by atoms with Crippen LogP contribution in [0.5, 0.6) is 0 Å². The Labute approximate surface area is 210 Å². The molecule has 1 unspecified atom stereocenters. The summed E-state index contributed by atoms with van der Waals surface area (Å²) in [6.07, 6.45) is 17.6. The van der Waals surface area contributed by atoms with Gasteiger partial charge in [-0.1, -0.05) is 94.2 Å². The molecule has 1 atom stereocenters. The van der Waals surface area contributed by atoms with Gasteiger partial charge in [0, 0.05) is 0 Å². The van der Waals surface area contributed by atoms with Gasteiger partial charge in [0.25, 0.3) is 0 Å². The lowest BCUT2D eigenvalue weighted by Gasteiger charge is -2.20. The van der Waals surface area contributed by atoms with Gasteiger partial charge in [0.15, 0.2) is 0 Å². The van der Waals surface area contributed by atoms with Gasteiger partial charge in [-0.2, -0.15) is 0 Å². The van der Waals surface area contributed by atoms with Gasteiger partial charge in [-0.25, -0.2) is 0 Å². The molecule has 2 aliphatic rings. The van der Waals surface area contributed by atoms with E-state index in [9.17, 15) is 0 Å². The van der Waals surface area contributed by atoms with Crippen LogP contribution in [0.25, 0.3) is 6.08 Å². The lowest BCUT2D eigenvalue weighted by Crippen LogP contribution is -2.06. The fraction of sp³-hybridized carbons (Fsp3) is 0.529. The maximum atomic E-state index is 4.21. The number of hydrogen-bond donors (Lipinski definition) is 0. The van der Waals surface area contributed by atoms with Crippen LogP contribution >= 0.6 is 0 Å². The summed E-state index contributed by atoms with van der Waals surface area (Å²) in [4.78, 5) is 0. The minimum Gasteiger partial charge on any atom is -0.0995 e. The summed E-state index contributed by atoms with van der Waals surface area (Å²) < 4.78 is 0. The standard InChI is InChI=1S/C32H42.C2H6/c1-23(9-7-10-27-15-19-28-16-12-24(2)20-30(28)22-27)8-5-6-11-31-26(4)14-18-29-17-13-25(3)21-32(29)31;1-2/h14-15,18-19,21-23H,2,5-13,16-17,20H2,1,3-4H3;1-2H3. The Kier molecular flexibility index (Phi) is 10.2. The van der Waals surface area contributed by atoms with Crippen molar-refractivity contribution in [2.75, 3.05) is 0 Å². The van der Waals surface area contributed by atoms with Gasteiger partial charge < -0.3 is 0 Å². The average Bonchev–Trinajstić information content (AvgIpc) is 2.84. The van der Waals surface area contributed by atoms with E-state index in [0.29, 0.717) is 0 Å². The quantitative estimate of drug-likeness (QED) is 0.260. The van der Waals surface area contributed by atoms with Crippen LogP contribution < -0.4 is 0 Å². The third-order valence-electron chi connectivity index (χ3n) is 7.86. The van der Waals surface area contributed by atoms with Crippen LogP contribution in [-0.2, 0) is 32.1 Å². The Morgan fingerprint density at radius 3 is 2.35 bits per heavy atom. The van der Waals surface area contributed by atoms with Gasteiger partial charge in [0.1, 0.15) is 0 Å². The summed E-state index contributed by atoms with van der Waals surface area (Å²) >= 11 is 0. The molecule has 0 radical (unpaired) electrons. The van der Waals surface area contributed by atoms with E-state index in [2.05, 4.69) is 63.8 Å². The van der Waals surface area contributed by atoms with Crippen LogP contribution in [0.3, 0.4) is 0 Å². The van der Waals surface area contributed by atoms with Crippen LogP contribution in [-0.4, -0.2) is 0 Å². The lowest BCUT2D eigenvalue weighted by atomic mass is 9.85. The van der Waals surface area contributed by atoms with Crippen LogP contribution in [0.1, 0.15) is 112 Å². The fourth-order valence-corrected chi connectivity index (χ4v) is 5.71. The van der Waals surface area contributed by atoms with Crippen molar-refractivity contribution in [2.45, 2.75) is 112 Å². The van der Waals surface area contributed by atoms with Crippen molar-refractivity contribution in [1.82, 2.24) is 0 Å². The van der Waals surface area contributed by atoms with E-state index in [0.717, 1.165) is 12.3 Å². The zero-order valence-electron chi connectivity index (χ0n) is 22.7. The number of fused-ring (bicyclic) bond motifs is 2. The van der Waals surface area contributed by atoms with Crippen LogP contribution in [0.4, 0.5) is 0 Å². The maximum absolute atomic E-state index is 4.21. The van der Waals surface area contributed by atoms with Crippen LogP contribution in [0.2, 0.25) is 0 Å². The minimum atomic E-state index is 0.834. The molecule has 0 fully saturated rings. The van der Waals surface area contributed by atoms with Gasteiger partial charge in [-0.3, -0.25) is 0 Å². The highest BCUT2D eigenvalue weighted by molar-refractivity contribution is 5.64. The normalized spacial score (nSPS) is 15.6. The second-order valence-corrected chi connectivity index (χ2v) is 10.7. The van der Waals surface area contributed by atoms with E-state index in [4.69, 9.17) is 0 Å². The molecule has 0 aliphatic heterocycles. The topological polar surface area (TPSA) is 0 Å². The predicted octanol–water partition coefficient (Wildman–Crippen LogP) is 9.79. The fourth-order valence-electron chi connectivity index (χ4n) is 5.71. The van der Waals surface area contributed by atoms with E-state index in [1.54, 1.807) is 27.8 Å². The van der Waals surface area contributed by atoms with E-state index >= 15 is 0 Å². The van der Waals surface area contributed by atoms with E-state index in [1.165, 1.54) is 92.9 Å². The second-order valence-electron chi connectivity index (χ2n) is 10.7. The Bertz CT molecular complexity index is 987. The van der Waals surface area contributed by atoms with E-state index < -0.39 is 0 Å². The predicted molar refractivity (Wildman–Crippen MR) is 152 cm³/mol. The highest BCUT2D eigenvalue weighted by Gasteiger charge is 2.14. The summed E-state index contributed by atoms with van der Waals surface area (Å²) in [5.74, 6) is 0.834. The molecule has 0 amide bonds. The summed E-state index contributed by atoms with van der Waals surface area (Å²) in [6.45, 7) is 15.3. The lowest BCUT2D eigenvalue weighted by molar-refractivity contribution is 0.452. The Balaban J connectivity index is 0.00000158. The molecule has 184 valence electrons. The average molecular weight is 457 g/mol. The summed E-state index contributed by atoms with van der Waals surface area (Å²) in [5, 5.41) is 0. The number of unbranched alkanes of at least 4 members (excludes halogenated alkanes) is 1. The smallest absolute Gasteiger partial charge is 0.00669 e. The summed E-state index contributed by atoms with van der Waals surface area (Å²) in [5.41, 5.74) is 13.8. The molecule has 2 aromatic carbocycles. The molecule has 0 saturated carbocycles. The highest BCUT2D eigenvalue weighted by Crippen LogP contribution is 2.30. The minimum absolute atomic E-state index is 0.834. The number of allylic oxidation sites excluding steroid dienone is 2. The molecule has 34 heavy (non-hydrogen) atoms. The first-order chi connectivity index (χ1) is 16.5. The van der Waals surface area contributed by atoms with Gasteiger partial charge in [-0.05, 0) is 116 Å². The second kappa shape index (κ2) is 13.1. The van der Waals surface area contributed by atoms with Gasteiger partial charge in [0.05, 0.1) is 0 Å². The molecule has 0 N–H and O–H groups in total. The third-order valence-corrected chi connectivity index (χ3v) is 7.86. The molecule has 2 aliphatic carbocycles. The Hall–Kier alpha value is -2.08. The largest absolute Gasteiger partial charge is 0.0995 e. The van der Waals surface area contributed by atoms with Crippen LogP contribution in [0.15, 0.2) is 48.1 Å². The number of rotatable bonds is 9. The third kappa shape index (κ3) is 7.21. The molecule has 4 rings (SSSR count). The molecule has 0 heteroatoms. The van der Waals surface area contributed by atoms with Crippen molar-refractivity contribution in [2.24, 2.45) is 5.92 Å². The number of hydrogen-bond acceptors (Lipinski definition) is 0. The summed E-state index contributed by atoms with van der Waals surface area (Å²) in [7, 11) is 0. The van der Waals surface area contributed by atoms with Crippen molar-refractivity contribution in [1.29, 1.82) is 0 Å². The van der Waals surface area contributed by atoms with Crippen molar-refractivity contribution in [3.05, 3.63) is 87.0 Å².